The van der Waals surface area contributed by atoms with E-state index in [9.17, 15) is 53.1 Å². The van der Waals surface area contributed by atoms with E-state index < -0.39 is 69.0 Å². The number of halogens is 11. The van der Waals surface area contributed by atoms with E-state index in [4.69, 9.17) is 0 Å². The Labute approximate surface area is 157 Å². The molecule has 1 aliphatic heterocycles. The highest BCUT2D eigenvalue weighted by Gasteiger charge is 2.77. The smallest absolute Gasteiger partial charge is 0.301 e. The molecule has 0 spiro atoms. The lowest BCUT2D eigenvalue weighted by molar-refractivity contribution is -0.280. The van der Waals surface area contributed by atoms with Gasteiger partial charge in [-0.3, -0.25) is 4.79 Å². The summed E-state index contributed by atoms with van der Waals surface area (Å²) in [5, 5.41) is -0.211. The highest BCUT2D eigenvalue weighted by molar-refractivity contribution is 8.17. The van der Waals surface area contributed by atoms with Crippen LogP contribution >= 0.6 is 11.8 Å². The number of carbonyl (C=O) groups is 1. The van der Waals surface area contributed by atoms with E-state index in [2.05, 4.69) is 4.99 Å². The van der Waals surface area contributed by atoms with Crippen molar-refractivity contribution in [2.24, 2.45) is 4.99 Å². The number of nitrogens with one attached hydrogen (secondary N) is 1. The molecular formula is C14H5F11N2OS. The zero-order valence-corrected chi connectivity index (χ0v) is 14.0. The number of thioether (sulfide) groups is 1. The molecular weight excluding hydrogens is 453 g/mol. The van der Waals surface area contributed by atoms with Crippen molar-refractivity contribution in [2.45, 2.75) is 24.1 Å². The summed E-state index contributed by atoms with van der Waals surface area (Å²) in [5.41, 5.74) is -6.18. The maximum absolute atomic E-state index is 13.6. The first-order chi connectivity index (χ1) is 13.0. The van der Waals surface area contributed by atoms with Gasteiger partial charge in [0.2, 0.25) is 5.83 Å². The molecule has 0 saturated carbocycles. The number of benzene rings is 1. The molecule has 0 atom stereocenters. The second-order valence-electron chi connectivity index (χ2n) is 5.33. The van der Waals surface area contributed by atoms with Crippen molar-refractivity contribution in [3.05, 3.63) is 46.4 Å². The molecule has 0 radical (unpaired) electrons. The molecule has 0 saturated heterocycles. The molecule has 2 rings (SSSR count). The van der Waals surface area contributed by atoms with Crippen LogP contribution in [0.1, 0.15) is 10.4 Å². The van der Waals surface area contributed by atoms with E-state index >= 15 is 0 Å². The van der Waals surface area contributed by atoms with Crippen molar-refractivity contribution in [2.75, 3.05) is 0 Å². The molecule has 0 unspecified atom stereocenters. The minimum atomic E-state index is -6.54. The lowest BCUT2D eigenvalue weighted by atomic mass is 9.97. The number of carbonyl (C=O) groups excluding carboxylic acids is 1. The number of nitrogens with zero attached hydrogens (tertiary/aromatic N) is 1. The Morgan fingerprint density at radius 3 is 2.00 bits per heavy atom. The number of amidine groups is 1. The molecule has 1 aliphatic rings. The van der Waals surface area contributed by atoms with E-state index in [1.807, 2.05) is 0 Å². The van der Waals surface area contributed by atoms with Gasteiger partial charge < -0.3 is 5.32 Å². The predicted molar refractivity (Wildman–Crippen MR) is 77.9 cm³/mol. The van der Waals surface area contributed by atoms with Crippen LogP contribution < -0.4 is 5.32 Å². The van der Waals surface area contributed by atoms with E-state index in [0.29, 0.717) is 6.07 Å². The summed E-state index contributed by atoms with van der Waals surface area (Å²) in [4.78, 5) is 11.2. The molecule has 1 N–H and O–H groups in total. The van der Waals surface area contributed by atoms with E-state index in [-0.39, 0.29) is 0 Å². The number of hydrogen-bond donors (Lipinski definition) is 1. The van der Waals surface area contributed by atoms with Crippen LogP contribution in [0.4, 0.5) is 48.3 Å². The lowest BCUT2D eigenvalue weighted by Gasteiger charge is -2.31. The van der Waals surface area contributed by atoms with Gasteiger partial charge in [-0.25, -0.2) is 13.8 Å². The van der Waals surface area contributed by atoms with Crippen LogP contribution in [0.15, 0.2) is 40.0 Å². The first kappa shape index (κ1) is 23.0. The van der Waals surface area contributed by atoms with Crippen LogP contribution in [0.25, 0.3) is 0 Å². The number of allylic oxidation sites excluding steroid dienone is 1. The SMILES string of the molecule is O=C(NC1=NC(C(F)(F)F)(C(F)(F)F)C(=C(F)C(F)(F)F)S1)c1cccc(F)c1. The second-order valence-corrected chi connectivity index (χ2v) is 6.33. The Hall–Kier alpha value is -2.32. The van der Waals surface area contributed by atoms with Crippen LogP contribution in [-0.4, -0.2) is 35.1 Å². The third-order valence-electron chi connectivity index (χ3n) is 3.37. The van der Waals surface area contributed by atoms with Crippen LogP contribution in [0.2, 0.25) is 0 Å². The molecule has 0 aromatic heterocycles. The minimum absolute atomic E-state index is 0.545. The monoisotopic (exact) mass is 458 g/mol. The largest absolute Gasteiger partial charge is 0.443 e. The number of aliphatic imine (C=N–C) groups is 1. The maximum atomic E-state index is 13.6. The lowest BCUT2D eigenvalue weighted by Crippen LogP contribution is -2.55. The molecule has 3 nitrogen and oxygen atoms in total. The molecule has 0 bridgehead atoms. The Bertz CT molecular complexity index is 869. The van der Waals surface area contributed by atoms with Gasteiger partial charge in [0.1, 0.15) is 5.82 Å². The van der Waals surface area contributed by atoms with E-state index in [1.54, 1.807) is 0 Å². The fraction of sp³-hybridized carbons (Fsp3) is 0.286. The summed E-state index contributed by atoms with van der Waals surface area (Å²) in [5.74, 6) is -6.15. The van der Waals surface area contributed by atoms with Crippen LogP contribution in [-0.2, 0) is 0 Å². The van der Waals surface area contributed by atoms with Crippen LogP contribution in [0.5, 0.6) is 0 Å². The van der Waals surface area contributed by atoms with Gasteiger partial charge >= 0.3 is 18.5 Å². The molecule has 1 heterocycles. The summed E-state index contributed by atoms with van der Waals surface area (Å²) in [6, 6.07) is 3.28. The summed E-state index contributed by atoms with van der Waals surface area (Å²) in [6.07, 6.45) is -19.3. The van der Waals surface area contributed by atoms with Gasteiger partial charge in [-0.15, -0.1) is 0 Å². The van der Waals surface area contributed by atoms with Crippen LogP contribution in [0.3, 0.4) is 0 Å². The summed E-state index contributed by atoms with van der Waals surface area (Å²) >= 11 is -0.998. The van der Waals surface area contributed by atoms with Gasteiger partial charge in [0.25, 0.3) is 11.4 Å². The minimum Gasteiger partial charge on any atom is -0.301 e. The fourth-order valence-corrected chi connectivity index (χ4v) is 3.28. The topological polar surface area (TPSA) is 41.5 Å². The maximum Gasteiger partial charge on any atom is 0.443 e. The van der Waals surface area contributed by atoms with Crippen molar-refractivity contribution >= 4 is 22.8 Å². The van der Waals surface area contributed by atoms with Gasteiger partial charge in [0.05, 0.1) is 4.91 Å². The fourth-order valence-electron chi connectivity index (χ4n) is 2.13. The van der Waals surface area contributed by atoms with Gasteiger partial charge in [-0.2, -0.15) is 39.5 Å². The van der Waals surface area contributed by atoms with Crippen molar-refractivity contribution in [1.82, 2.24) is 5.32 Å². The molecule has 0 aliphatic carbocycles. The first-order valence-corrected chi connectivity index (χ1v) is 7.78. The quantitative estimate of drug-likeness (QED) is 0.584. The molecule has 160 valence electrons. The Kier molecular flexibility index (Phi) is 5.68. The van der Waals surface area contributed by atoms with Gasteiger partial charge in [0.15, 0.2) is 5.17 Å². The summed E-state index contributed by atoms with van der Waals surface area (Å²) in [6.45, 7) is 0. The van der Waals surface area contributed by atoms with Crippen molar-refractivity contribution < 1.29 is 53.1 Å². The number of rotatable bonds is 1. The zero-order valence-electron chi connectivity index (χ0n) is 13.2. The van der Waals surface area contributed by atoms with Crippen LogP contribution in [0, 0.1) is 5.82 Å². The predicted octanol–water partition coefficient (Wildman–Crippen LogP) is 5.27. The highest BCUT2D eigenvalue weighted by Crippen LogP contribution is 2.59. The van der Waals surface area contributed by atoms with Gasteiger partial charge in [-0.05, 0) is 18.2 Å². The van der Waals surface area contributed by atoms with Crippen molar-refractivity contribution in [3.8, 4) is 0 Å². The average molecular weight is 458 g/mol. The van der Waals surface area contributed by atoms with Gasteiger partial charge in [-0.1, -0.05) is 17.8 Å². The van der Waals surface area contributed by atoms with Crippen molar-refractivity contribution in [3.63, 3.8) is 0 Å². The number of amides is 1. The third kappa shape index (κ3) is 4.18. The first-order valence-electron chi connectivity index (χ1n) is 6.96. The Morgan fingerprint density at radius 1 is 1.00 bits per heavy atom. The number of alkyl halides is 9. The molecule has 29 heavy (non-hydrogen) atoms. The normalized spacial score (nSPS) is 19.1. The number of hydrogen-bond acceptors (Lipinski definition) is 3. The average Bonchev–Trinajstić information content (AvgIpc) is 2.93. The van der Waals surface area contributed by atoms with Gasteiger partial charge in [0, 0.05) is 5.56 Å². The van der Waals surface area contributed by atoms with Crippen molar-refractivity contribution in [1.29, 1.82) is 0 Å². The molecule has 1 amide bonds. The highest BCUT2D eigenvalue weighted by atomic mass is 32.2. The standard InChI is InChI=1S/C14H5F11N2OS/c15-6-3-1-2-5(4-6)9(28)26-10-27-11(13(20,21)22,14(23,24)25)8(29-10)7(16)12(17,18)19/h1-4H,(H,26,27,28). The Balaban J connectivity index is 2.61. The zero-order chi connectivity index (χ0) is 22.4. The van der Waals surface area contributed by atoms with E-state index in [0.717, 1.165) is 18.2 Å². The third-order valence-corrected chi connectivity index (χ3v) is 4.44. The molecule has 1 aromatic carbocycles. The summed E-state index contributed by atoms with van der Waals surface area (Å²) < 4.78 is 144. The summed E-state index contributed by atoms with van der Waals surface area (Å²) in [7, 11) is 0. The molecule has 0 fully saturated rings. The molecule has 1 aromatic rings. The second kappa shape index (κ2) is 7.18. The van der Waals surface area contributed by atoms with E-state index in [1.165, 1.54) is 5.32 Å². The Morgan fingerprint density at radius 2 is 1.55 bits per heavy atom. The molecule has 15 heteroatoms.